The van der Waals surface area contributed by atoms with Crippen LogP contribution in [-0.2, 0) is 9.47 Å². The summed E-state index contributed by atoms with van der Waals surface area (Å²) in [6.45, 7) is 10.5. The summed E-state index contributed by atoms with van der Waals surface area (Å²) in [5.41, 5.74) is 0. The molecule has 4 nitrogen and oxygen atoms in total. The number of likely N-dealkylation sites (N-methyl/N-ethyl adjacent to an activating group) is 2. The van der Waals surface area contributed by atoms with Crippen LogP contribution in [0, 0.1) is 0 Å². The van der Waals surface area contributed by atoms with Crippen LogP contribution in [-0.4, -0.2) is 88.8 Å². The van der Waals surface area contributed by atoms with Crippen LogP contribution in [0.4, 0.5) is 0 Å². The zero-order valence-electron chi connectivity index (χ0n) is 12.7. The molecule has 0 unspecified atom stereocenters. The number of rotatable bonds is 4. The van der Waals surface area contributed by atoms with Crippen molar-refractivity contribution >= 4 is 0 Å². The third-order valence-corrected chi connectivity index (χ3v) is 4.36. The van der Waals surface area contributed by atoms with Crippen LogP contribution in [0.5, 0.6) is 0 Å². The Labute approximate surface area is 135 Å². The second-order valence-electron chi connectivity index (χ2n) is 6.19. The summed E-state index contributed by atoms with van der Waals surface area (Å²) in [7, 11) is 4.66. The molecule has 120 valence electrons. The van der Waals surface area contributed by atoms with Crippen molar-refractivity contribution < 1.29 is 43.3 Å². The molecule has 0 radical (unpaired) electrons. The minimum atomic E-state index is 0. The maximum absolute atomic E-state index is 5.43. The predicted octanol–water partition coefficient (Wildman–Crippen LogP) is -5.50. The molecule has 20 heavy (non-hydrogen) atoms. The molecule has 0 bridgehead atoms. The highest BCUT2D eigenvalue weighted by Gasteiger charge is 2.25. The van der Waals surface area contributed by atoms with Crippen molar-refractivity contribution in [1.29, 1.82) is 0 Å². The Morgan fingerprint density at radius 1 is 0.700 bits per heavy atom. The van der Waals surface area contributed by atoms with Crippen LogP contribution >= 0.6 is 0 Å². The van der Waals surface area contributed by atoms with Gasteiger partial charge in [0, 0.05) is 0 Å². The monoisotopic (exact) mass is 326 g/mol. The summed E-state index contributed by atoms with van der Waals surface area (Å²) < 4.78 is 13.1. The summed E-state index contributed by atoms with van der Waals surface area (Å²) >= 11 is 0. The van der Waals surface area contributed by atoms with Crippen LogP contribution in [0.25, 0.3) is 0 Å². The fraction of sp³-hybridized carbons (Fsp3) is 0.857. The third kappa shape index (κ3) is 6.29. The second kappa shape index (κ2) is 9.23. The molecule has 2 aliphatic rings. The second-order valence-corrected chi connectivity index (χ2v) is 6.19. The van der Waals surface area contributed by atoms with Gasteiger partial charge in [-0.2, -0.15) is 0 Å². The molecule has 2 heterocycles. The summed E-state index contributed by atoms with van der Waals surface area (Å²) in [5.74, 6) is 0. The van der Waals surface area contributed by atoms with Crippen molar-refractivity contribution in [3.8, 4) is 0 Å². The minimum Gasteiger partial charge on any atom is -1.00 e. The lowest BCUT2D eigenvalue weighted by Crippen LogP contribution is -3.00. The molecule has 0 N–H and O–H groups in total. The molecule has 0 amide bonds. The smallest absolute Gasteiger partial charge is 0.102 e. The molecule has 6 heteroatoms. The average molecular weight is 327 g/mol. The summed E-state index contributed by atoms with van der Waals surface area (Å²) in [6, 6.07) is 0. The van der Waals surface area contributed by atoms with Crippen molar-refractivity contribution in [2.45, 2.75) is 0 Å². The van der Waals surface area contributed by atoms with Gasteiger partial charge in [0.2, 0.25) is 0 Å². The predicted molar refractivity (Wildman–Crippen MR) is 72.3 cm³/mol. The Morgan fingerprint density at radius 3 is 1.30 bits per heavy atom. The molecule has 0 saturated carbocycles. The van der Waals surface area contributed by atoms with E-state index in [2.05, 4.69) is 26.2 Å². The normalized spacial score (nSPS) is 24.7. The van der Waals surface area contributed by atoms with Gasteiger partial charge < -0.3 is 43.3 Å². The first-order chi connectivity index (χ1) is 8.62. The van der Waals surface area contributed by atoms with Gasteiger partial charge in [0.05, 0.1) is 53.6 Å². The van der Waals surface area contributed by atoms with E-state index in [0.29, 0.717) is 0 Å². The Bertz CT molecular complexity index is 261. The van der Waals surface area contributed by atoms with Crippen LogP contribution < -0.4 is 24.8 Å². The quantitative estimate of drug-likeness (QED) is 0.379. The highest BCUT2D eigenvalue weighted by Crippen LogP contribution is 2.09. The molecular formula is C14H28Cl2N2O2. The van der Waals surface area contributed by atoms with Crippen molar-refractivity contribution in [3.05, 3.63) is 12.2 Å². The lowest BCUT2D eigenvalue weighted by atomic mass is 10.3. The Hall–Kier alpha value is 0.160. The number of hydrogen-bond acceptors (Lipinski definition) is 2. The maximum atomic E-state index is 5.43. The Kier molecular flexibility index (Phi) is 9.31. The molecule has 0 aromatic rings. The number of halogens is 2. The summed E-state index contributed by atoms with van der Waals surface area (Å²) in [5, 5.41) is 0. The number of quaternary nitrogens is 2. The first-order valence-corrected chi connectivity index (χ1v) is 7.10. The van der Waals surface area contributed by atoms with Gasteiger partial charge in [0.15, 0.2) is 0 Å². The van der Waals surface area contributed by atoms with E-state index in [0.717, 1.165) is 74.7 Å². The Balaban J connectivity index is 0.00000180. The molecule has 2 fully saturated rings. The van der Waals surface area contributed by atoms with Gasteiger partial charge in [-0.1, -0.05) is 0 Å². The number of ether oxygens (including phenoxy) is 2. The van der Waals surface area contributed by atoms with E-state index >= 15 is 0 Å². The van der Waals surface area contributed by atoms with Gasteiger partial charge in [-0.3, -0.25) is 0 Å². The van der Waals surface area contributed by atoms with E-state index in [4.69, 9.17) is 9.47 Å². The topological polar surface area (TPSA) is 18.5 Å². The van der Waals surface area contributed by atoms with Crippen molar-refractivity contribution in [2.24, 2.45) is 0 Å². The van der Waals surface area contributed by atoms with Gasteiger partial charge in [-0.15, -0.1) is 0 Å². The van der Waals surface area contributed by atoms with Crippen molar-refractivity contribution in [3.63, 3.8) is 0 Å². The van der Waals surface area contributed by atoms with Crippen molar-refractivity contribution in [1.82, 2.24) is 0 Å². The largest absolute Gasteiger partial charge is 1.00 e. The minimum absolute atomic E-state index is 0. The molecule has 0 aromatic heterocycles. The first kappa shape index (κ1) is 20.2. The number of nitrogens with zero attached hydrogens (tertiary/aromatic N) is 2. The maximum Gasteiger partial charge on any atom is 0.102 e. The zero-order chi connectivity index (χ0) is 12.9. The molecule has 0 spiro atoms. The Morgan fingerprint density at radius 2 is 1.00 bits per heavy atom. The number of hydrogen-bond donors (Lipinski definition) is 0. The lowest BCUT2D eigenvalue weighted by Gasteiger charge is -2.37. The van der Waals surface area contributed by atoms with Crippen LogP contribution in [0.2, 0.25) is 0 Å². The molecular weight excluding hydrogens is 299 g/mol. The molecule has 0 aromatic carbocycles. The molecule has 2 rings (SSSR count). The lowest BCUT2D eigenvalue weighted by molar-refractivity contribution is -0.913. The van der Waals surface area contributed by atoms with E-state index in [1.54, 1.807) is 0 Å². The SMILES string of the molecule is C[N+]1(C/C=C\C[N+]2(C)CCOCC2)CCOCC1.[Cl-].[Cl-]. The van der Waals surface area contributed by atoms with E-state index in [9.17, 15) is 0 Å². The van der Waals surface area contributed by atoms with Gasteiger partial charge in [-0.05, 0) is 12.2 Å². The van der Waals surface area contributed by atoms with Crippen LogP contribution in [0.3, 0.4) is 0 Å². The fourth-order valence-electron chi connectivity index (χ4n) is 2.59. The van der Waals surface area contributed by atoms with Crippen LogP contribution in [0.1, 0.15) is 0 Å². The highest BCUT2D eigenvalue weighted by atomic mass is 35.5. The zero-order valence-corrected chi connectivity index (χ0v) is 14.2. The van der Waals surface area contributed by atoms with E-state index in [1.165, 1.54) is 0 Å². The molecule has 0 aliphatic carbocycles. The van der Waals surface area contributed by atoms with E-state index in [-0.39, 0.29) is 24.8 Å². The van der Waals surface area contributed by atoms with Gasteiger partial charge in [-0.25, -0.2) is 0 Å². The van der Waals surface area contributed by atoms with E-state index in [1.807, 2.05) is 0 Å². The summed E-state index contributed by atoms with van der Waals surface area (Å²) in [4.78, 5) is 0. The van der Waals surface area contributed by atoms with Gasteiger partial charge in [0.1, 0.15) is 26.2 Å². The summed E-state index contributed by atoms with van der Waals surface area (Å²) in [6.07, 6.45) is 4.73. The van der Waals surface area contributed by atoms with Gasteiger partial charge >= 0.3 is 0 Å². The first-order valence-electron chi connectivity index (χ1n) is 7.10. The van der Waals surface area contributed by atoms with Gasteiger partial charge in [0.25, 0.3) is 0 Å². The van der Waals surface area contributed by atoms with E-state index < -0.39 is 0 Å². The fourth-order valence-corrected chi connectivity index (χ4v) is 2.59. The third-order valence-electron chi connectivity index (χ3n) is 4.36. The molecule has 2 aliphatic heterocycles. The van der Waals surface area contributed by atoms with Crippen molar-refractivity contribution in [2.75, 3.05) is 79.8 Å². The molecule has 2 saturated heterocycles. The average Bonchev–Trinajstić information content (AvgIpc) is 2.37. The van der Waals surface area contributed by atoms with Crippen LogP contribution in [0.15, 0.2) is 12.2 Å². The highest BCUT2D eigenvalue weighted by molar-refractivity contribution is 4.82. The molecule has 0 atom stereocenters. The number of morpholine rings is 2. The standard InChI is InChI=1S/C14H28N2O2.2ClH/c1-15(7-11-17-12-8-15)5-3-4-6-16(2)9-13-18-14-10-16;;/h3-4H,5-14H2,1-2H3;2*1H/q+2;;/p-2/b4-3-;;.